The summed E-state index contributed by atoms with van der Waals surface area (Å²) in [5.41, 5.74) is 2.08. The molecule has 0 saturated heterocycles. The van der Waals surface area contributed by atoms with E-state index >= 15 is 0 Å². The minimum Gasteiger partial charge on any atom is -0.489 e. The number of rotatable bonds is 6. The Morgan fingerprint density at radius 1 is 0.913 bits per heavy atom. The molecule has 0 aliphatic rings. The van der Waals surface area contributed by atoms with Crippen LogP contribution in [-0.2, 0) is 27.3 Å². The molecule has 2 aromatic rings. The molecule has 5 heteroatoms. The Labute approximate surface area is 134 Å². The Bertz CT molecular complexity index is 676. The van der Waals surface area contributed by atoms with Gasteiger partial charge in [0.1, 0.15) is 12.4 Å². The van der Waals surface area contributed by atoms with Crippen LogP contribution in [0.25, 0.3) is 0 Å². The van der Waals surface area contributed by atoms with E-state index in [2.05, 4.69) is 4.74 Å². The molecule has 0 unspecified atom stereocenters. The van der Waals surface area contributed by atoms with E-state index in [-0.39, 0.29) is 19.0 Å². The zero-order valence-electron chi connectivity index (χ0n) is 13.1. The number of methoxy groups -OCH3 is 2. The fourth-order valence-corrected chi connectivity index (χ4v) is 2.06. The summed E-state index contributed by atoms with van der Waals surface area (Å²) in [7, 11) is 2.71. The minimum absolute atomic E-state index is 0.224. The van der Waals surface area contributed by atoms with Crippen molar-refractivity contribution in [1.29, 1.82) is 0 Å². The van der Waals surface area contributed by atoms with E-state index in [4.69, 9.17) is 9.47 Å². The topological polar surface area (TPSA) is 61.8 Å². The van der Waals surface area contributed by atoms with E-state index in [1.54, 1.807) is 36.4 Å². The highest BCUT2D eigenvalue weighted by Crippen LogP contribution is 2.17. The fourth-order valence-electron chi connectivity index (χ4n) is 2.06. The number of benzene rings is 2. The Balaban J connectivity index is 2.01. The predicted molar refractivity (Wildman–Crippen MR) is 84.3 cm³/mol. The maximum atomic E-state index is 11.7. The normalized spacial score (nSPS) is 10.0. The van der Waals surface area contributed by atoms with Gasteiger partial charge in [-0.15, -0.1) is 0 Å². The third-order valence-corrected chi connectivity index (χ3v) is 3.32. The molecule has 0 bridgehead atoms. The lowest BCUT2D eigenvalue weighted by Crippen LogP contribution is -2.08. The van der Waals surface area contributed by atoms with Gasteiger partial charge >= 0.3 is 11.9 Å². The second-order valence-corrected chi connectivity index (χ2v) is 4.83. The van der Waals surface area contributed by atoms with Crippen molar-refractivity contribution in [1.82, 2.24) is 0 Å². The largest absolute Gasteiger partial charge is 0.489 e. The summed E-state index contributed by atoms with van der Waals surface area (Å²) in [6, 6.07) is 14.3. The number of carbonyl (C=O) groups excluding carboxylic acids is 2. The molecule has 0 aliphatic carbocycles. The second-order valence-electron chi connectivity index (χ2n) is 4.83. The Morgan fingerprint density at radius 3 is 2.26 bits per heavy atom. The average Bonchev–Trinajstić information content (AvgIpc) is 2.60. The van der Waals surface area contributed by atoms with Crippen LogP contribution in [0.5, 0.6) is 5.75 Å². The molecule has 5 nitrogen and oxygen atoms in total. The molecule has 0 saturated carbocycles. The number of esters is 2. The molecule has 120 valence electrons. The predicted octanol–water partition coefficient (Wildman–Crippen LogP) is 2.77. The van der Waals surface area contributed by atoms with E-state index in [9.17, 15) is 9.59 Å². The fraction of sp³-hybridized carbons (Fsp3) is 0.222. The van der Waals surface area contributed by atoms with Crippen molar-refractivity contribution in [3.63, 3.8) is 0 Å². The van der Waals surface area contributed by atoms with E-state index < -0.39 is 5.97 Å². The molecule has 0 heterocycles. The standard InChI is InChI=1S/C18H18O5/c1-21-17(19)11-13-7-9-15(10-8-13)23-12-14-5-3-4-6-16(14)18(20)22-2/h3-10H,11-12H2,1-2H3. The lowest BCUT2D eigenvalue weighted by Gasteiger charge is -2.10. The van der Waals surface area contributed by atoms with Gasteiger partial charge in [-0.25, -0.2) is 4.79 Å². The molecule has 0 atom stereocenters. The van der Waals surface area contributed by atoms with E-state index in [1.165, 1.54) is 14.2 Å². The molecule has 0 aromatic heterocycles. The quantitative estimate of drug-likeness (QED) is 0.767. The lowest BCUT2D eigenvalue weighted by molar-refractivity contribution is -0.139. The third kappa shape index (κ3) is 4.57. The first-order valence-corrected chi connectivity index (χ1v) is 7.09. The van der Waals surface area contributed by atoms with Crippen LogP contribution in [0.3, 0.4) is 0 Å². The number of hydrogen-bond acceptors (Lipinski definition) is 5. The summed E-state index contributed by atoms with van der Waals surface area (Å²) in [5.74, 6) is -0.0263. The van der Waals surface area contributed by atoms with Gasteiger partial charge in [0.2, 0.25) is 0 Å². The monoisotopic (exact) mass is 314 g/mol. The molecule has 0 fully saturated rings. The van der Waals surface area contributed by atoms with Crippen molar-refractivity contribution in [2.75, 3.05) is 14.2 Å². The first kappa shape index (κ1) is 16.5. The zero-order chi connectivity index (χ0) is 16.7. The van der Waals surface area contributed by atoms with Crippen LogP contribution < -0.4 is 4.74 Å². The Morgan fingerprint density at radius 2 is 1.61 bits per heavy atom. The van der Waals surface area contributed by atoms with Gasteiger partial charge < -0.3 is 14.2 Å². The number of hydrogen-bond donors (Lipinski definition) is 0. The molecule has 0 aliphatic heterocycles. The van der Waals surface area contributed by atoms with Crippen LogP contribution in [0.4, 0.5) is 0 Å². The second kappa shape index (κ2) is 7.98. The van der Waals surface area contributed by atoms with Crippen LogP contribution in [0, 0.1) is 0 Å². The van der Waals surface area contributed by atoms with Gasteiger partial charge in [-0.05, 0) is 23.8 Å². The Hall–Kier alpha value is -2.82. The van der Waals surface area contributed by atoms with Gasteiger partial charge in [-0.3, -0.25) is 4.79 Å². The number of ether oxygens (including phenoxy) is 3. The SMILES string of the molecule is COC(=O)Cc1ccc(OCc2ccccc2C(=O)OC)cc1. The number of carbonyl (C=O) groups is 2. The summed E-state index contributed by atoms with van der Waals surface area (Å²) in [6.45, 7) is 0.252. The first-order valence-electron chi connectivity index (χ1n) is 7.09. The highest BCUT2D eigenvalue weighted by molar-refractivity contribution is 5.90. The summed E-state index contributed by atoms with van der Waals surface area (Å²) < 4.78 is 15.1. The van der Waals surface area contributed by atoms with Crippen molar-refractivity contribution in [3.05, 3.63) is 65.2 Å². The van der Waals surface area contributed by atoms with E-state index in [0.29, 0.717) is 11.3 Å². The summed E-state index contributed by atoms with van der Waals surface area (Å²) in [4.78, 5) is 22.9. The highest BCUT2D eigenvalue weighted by atomic mass is 16.5. The van der Waals surface area contributed by atoms with Crippen LogP contribution in [0.2, 0.25) is 0 Å². The van der Waals surface area contributed by atoms with Crippen LogP contribution >= 0.6 is 0 Å². The minimum atomic E-state index is -0.391. The van der Waals surface area contributed by atoms with E-state index in [1.807, 2.05) is 12.1 Å². The molecule has 2 aromatic carbocycles. The maximum Gasteiger partial charge on any atom is 0.338 e. The van der Waals surface area contributed by atoms with Gasteiger partial charge in [0.15, 0.2) is 0 Å². The maximum absolute atomic E-state index is 11.7. The molecule has 0 N–H and O–H groups in total. The van der Waals surface area contributed by atoms with Crippen molar-refractivity contribution < 1.29 is 23.8 Å². The van der Waals surface area contributed by atoms with Crippen molar-refractivity contribution in [2.24, 2.45) is 0 Å². The Kier molecular flexibility index (Phi) is 5.74. The summed E-state index contributed by atoms with van der Waals surface area (Å²) >= 11 is 0. The lowest BCUT2D eigenvalue weighted by atomic mass is 10.1. The first-order chi connectivity index (χ1) is 11.1. The smallest absolute Gasteiger partial charge is 0.338 e. The molecule has 0 radical (unpaired) electrons. The molecule has 0 amide bonds. The third-order valence-electron chi connectivity index (χ3n) is 3.32. The molecule has 0 spiro atoms. The highest BCUT2D eigenvalue weighted by Gasteiger charge is 2.11. The van der Waals surface area contributed by atoms with Crippen molar-refractivity contribution >= 4 is 11.9 Å². The average molecular weight is 314 g/mol. The van der Waals surface area contributed by atoms with Gasteiger partial charge in [-0.2, -0.15) is 0 Å². The molecular weight excluding hydrogens is 296 g/mol. The summed E-state index contributed by atoms with van der Waals surface area (Å²) in [6.07, 6.45) is 0.224. The zero-order valence-corrected chi connectivity index (χ0v) is 13.1. The summed E-state index contributed by atoms with van der Waals surface area (Å²) in [5, 5.41) is 0. The van der Waals surface area contributed by atoms with Crippen molar-refractivity contribution in [3.8, 4) is 5.75 Å². The van der Waals surface area contributed by atoms with Crippen LogP contribution in [0.1, 0.15) is 21.5 Å². The molecular formula is C18H18O5. The van der Waals surface area contributed by atoms with Gasteiger partial charge in [-0.1, -0.05) is 30.3 Å². The van der Waals surface area contributed by atoms with Gasteiger partial charge in [0, 0.05) is 5.56 Å². The van der Waals surface area contributed by atoms with Crippen molar-refractivity contribution in [2.45, 2.75) is 13.0 Å². The van der Waals surface area contributed by atoms with Crippen LogP contribution in [-0.4, -0.2) is 26.2 Å². The molecule has 2 rings (SSSR count). The van der Waals surface area contributed by atoms with Gasteiger partial charge in [0.05, 0.1) is 26.2 Å². The molecule has 23 heavy (non-hydrogen) atoms. The van der Waals surface area contributed by atoms with Gasteiger partial charge in [0.25, 0.3) is 0 Å². The van der Waals surface area contributed by atoms with Crippen LogP contribution in [0.15, 0.2) is 48.5 Å². The van der Waals surface area contributed by atoms with E-state index in [0.717, 1.165) is 11.1 Å².